The SMILES string of the molecule is CCOC(=O)[C@@](O)(C/C=C/c1ccccc1)C(F)(F)F. The molecule has 0 radical (unpaired) electrons. The van der Waals surface area contributed by atoms with Crippen molar-refractivity contribution < 1.29 is 27.8 Å². The fourth-order valence-corrected chi connectivity index (χ4v) is 1.49. The van der Waals surface area contributed by atoms with Crippen LogP contribution in [0.2, 0.25) is 0 Å². The van der Waals surface area contributed by atoms with Gasteiger partial charge in [0.2, 0.25) is 0 Å². The van der Waals surface area contributed by atoms with Crippen LogP contribution in [0.15, 0.2) is 36.4 Å². The van der Waals surface area contributed by atoms with Gasteiger partial charge in [0, 0.05) is 6.42 Å². The predicted octanol–water partition coefficient (Wildman–Crippen LogP) is 2.95. The van der Waals surface area contributed by atoms with Gasteiger partial charge in [0.1, 0.15) is 0 Å². The maximum Gasteiger partial charge on any atom is 0.428 e. The molecule has 0 aliphatic heterocycles. The summed E-state index contributed by atoms with van der Waals surface area (Å²) < 4.78 is 42.8. The number of ether oxygens (including phenoxy) is 1. The van der Waals surface area contributed by atoms with Crippen molar-refractivity contribution in [1.29, 1.82) is 0 Å². The van der Waals surface area contributed by atoms with E-state index in [1.807, 2.05) is 0 Å². The van der Waals surface area contributed by atoms with E-state index in [1.165, 1.54) is 13.0 Å². The summed E-state index contributed by atoms with van der Waals surface area (Å²) in [6, 6.07) is 8.59. The molecule has 0 aliphatic rings. The van der Waals surface area contributed by atoms with Gasteiger partial charge in [-0.25, -0.2) is 4.79 Å². The van der Waals surface area contributed by atoms with E-state index < -0.39 is 24.2 Å². The van der Waals surface area contributed by atoms with E-state index in [9.17, 15) is 23.1 Å². The number of halogens is 3. The van der Waals surface area contributed by atoms with Crippen molar-refractivity contribution in [3.8, 4) is 0 Å². The summed E-state index contributed by atoms with van der Waals surface area (Å²) in [5, 5.41) is 9.57. The highest BCUT2D eigenvalue weighted by molar-refractivity contribution is 5.80. The summed E-state index contributed by atoms with van der Waals surface area (Å²) in [6.45, 7) is 1.13. The molecule has 1 aromatic carbocycles. The second-order valence-corrected chi connectivity index (χ2v) is 4.10. The zero-order chi connectivity index (χ0) is 15.2. The molecule has 0 bridgehead atoms. The molecule has 0 spiro atoms. The van der Waals surface area contributed by atoms with Crippen LogP contribution in [0.3, 0.4) is 0 Å². The van der Waals surface area contributed by atoms with Crippen LogP contribution in [-0.4, -0.2) is 29.5 Å². The average molecular weight is 288 g/mol. The minimum absolute atomic E-state index is 0.236. The zero-order valence-corrected chi connectivity index (χ0v) is 10.9. The molecular formula is C14H15F3O3. The van der Waals surface area contributed by atoms with Crippen molar-refractivity contribution >= 4 is 12.0 Å². The number of esters is 1. The number of benzene rings is 1. The first-order valence-corrected chi connectivity index (χ1v) is 5.99. The molecule has 110 valence electrons. The summed E-state index contributed by atoms with van der Waals surface area (Å²) in [5.74, 6) is -1.69. The molecule has 6 heteroatoms. The molecule has 0 saturated heterocycles. The van der Waals surface area contributed by atoms with Gasteiger partial charge in [-0.3, -0.25) is 0 Å². The number of hydrogen-bond acceptors (Lipinski definition) is 3. The van der Waals surface area contributed by atoms with Crippen molar-refractivity contribution in [3.63, 3.8) is 0 Å². The lowest BCUT2D eigenvalue weighted by atomic mass is 9.98. The molecule has 20 heavy (non-hydrogen) atoms. The Morgan fingerprint density at radius 2 is 1.90 bits per heavy atom. The van der Waals surface area contributed by atoms with Gasteiger partial charge >= 0.3 is 12.1 Å². The standard InChI is InChI=1S/C14H15F3O3/c1-2-20-12(18)13(19,14(15,16)17)10-6-9-11-7-4-3-5-8-11/h3-9,19H,2,10H2,1H3/b9-6+/t13-/m0/s1. The van der Waals surface area contributed by atoms with E-state index in [-0.39, 0.29) is 6.61 Å². The minimum atomic E-state index is -5.10. The molecule has 0 aromatic heterocycles. The van der Waals surface area contributed by atoms with Crippen LogP contribution in [0.25, 0.3) is 6.08 Å². The van der Waals surface area contributed by atoms with E-state index in [1.54, 1.807) is 30.3 Å². The zero-order valence-electron chi connectivity index (χ0n) is 10.9. The Balaban J connectivity index is 2.86. The Morgan fingerprint density at radius 1 is 1.30 bits per heavy atom. The van der Waals surface area contributed by atoms with Crippen molar-refractivity contribution in [1.82, 2.24) is 0 Å². The van der Waals surface area contributed by atoms with Crippen LogP contribution >= 0.6 is 0 Å². The number of alkyl halides is 3. The number of carbonyl (C=O) groups excluding carboxylic acids is 1. The first kappa shape index (κ1) is 16.2. The normalized spacial score (nSPS) is 15.1. The summed E-state index contributed by atoms with van der Waals surface area (Å²) in [4.78, 5) is 11.3. The Hall–Kier alpha value is -1.82. The third-order valence-electron chi connectivity index (χ3n) is 2.61. The maximum atomic E-state index is 12.8. The predicted molar refractivity (Wildman–Crippen MR) is 67.7 cm³/mol. The highest BCUT2D eigenvalue weighted by atomic mass is 19.4. The van der Waals surface area contributed by atoms with E-state index in [0.29, 0.717) is 5.56 Å². The first-order chi connectivity index (χ1) is 9.31. The third kappa shape index (κ3) is 3.84. The van der Waals surface area contributed by atoms with Crippen LogP contribution < -0.4 is 0 Å². The van der Waals surface area contributed by atoms with Crippen molar-refractivity contribution in [2.24, 2.45) is 0 Å². The second-order valence-electron chi connectivity index (χ2n) is 4.10. The van der Waals surface area contributed by atoms with Gasteiger partial charge in [-0.1, -0.05) is 42.5 Å². The molecule has 1 rings (SSSR count). The molecule has 1 atom stereocenters. The van der Waals surface area contributed by atoms with Gasteiger partial charge in [0.15, 0.2) is 0 Å². The largest absolute Gasteiger partial charge is 0.464 e. The second kappa shape index (κ2) is 6.56. The van der Waals surface area contributed by atoms with Crippen molar-refractivity contribution in [3.05, 3.63) is 42.0 Å². The molecule has 0 saturated carbocycles. The van der Waals surface area contributed by atoms with E-state index in [0.717, 1.165) is 6.08 Å². The van der Waals surface area contributed by atoms with Crippen LogP contribution in [0, 0.1) is 0 Å². The van der Waals surface area contributed by atoms with E-state index in [2.05, 4.69) is 4.74 Å². The topological polar surface area (TPSA) is 46.5 Å². The van der Waals surface area contributed by atoms with Gasteiger partial charge < -0.3 is 9.84 Å². The van der Waals surface area contributed by atoms with Crippen LogP contribution in [0.1, 0.15) is 18.9 Å². The Kier molecular flexibility index (Phi) is 5.33. The Labute approximate surface area is 114 Å². The Morgan fingerprint density at radius 3 is 2.40 bits per heavy atom. The van der Waals surface area contributed by atoms with Crippen molar-refractivity contribution in [2.45, 2.75) is 25.1 Å². The molecule has 1 N–H and O–H groups in total. The Bertz CT molecular complexity index is 468. The molecule has 0 heterocycles. The van der Waals surface area contributed by atoms with Gasteiger partial charge in [0.25, 0.3) is 5.60 Å². The van der Waals surface area contributed by atoms with Crippen LogP contribution in [-0.2, 0) is 9.53 Å². The maximum absolute atomic E-state index is 12.8. The summed E-state index contributed by atoms with van der Waals surface area (Å²) in [6.07, 6.45) is -3.50. The number of rotatable bonds is 5. The molecule has 0 fully saturated rings. The molecule has 0 aliphatic carbocycles. The third-order valence-corrected chi connectivity index (χ3v) is 2.61. The van der Waals surface area contributed by atoms with Crippen LogP contribution in [0.5, 0.6) is 0 Å². The number of carbonyl (C=O) groups is 1. The fourth-order valence-electron chi connectivity index (χ4n) is 1.49. The quantitative estimate of drug-likeness (QED) is 0.847. The van der Waals surface area contributed by atoms with Gasteiger partial charge in [-0.2, -0.15) is 13.2 Å². The smallest absolute Gasteiger partial charge is 0.428 e. The molecule has 1 aromatic rings. The van der Waals surface area contributed by atoms with Crippen molar-refractivity contribution in [2.75, 3.05) is 6.61 Å². The lowest BCUT2D eigenvalue weighted by molar-refractivity contribution is -0.261. The van der Waals surface area contributed by atoms with E-state index in [4.69, 9.17) is 0 Å². The summed E-state index contributed by atoms with van der Waals surface area (Å²) in [5.41, 5.74) is -2.85. The molecular weight excluding hydrogens is 273 g/mol. The summed E-state index contributed by atoms with van der Waals surface area (Å²) in [7, 11) is 0. The van der Waals surface area contributed by atoms with Gasteiger partial charge in [0.05, 0.1) is 6.61 Å². The average Bonchev–Trinajstić information content (AvgIpc) is 2.38. The molecule has 3 nitrogen and oxygen atoms in total. The van der Waals surface area contributed by atoms with Gasteiger partial charge in [-0.15, -0.1) is 0 Å². The van der Waals surface area contributed by atoms with Gasteiger partial charge in [-0.05, 0) is 12.5 Å². The fraction of sp³-hybridized carbons (Fsp3) is 0.357. The number of hydrogen-bond donors (Lipinski definition) is 1. The molecule has 0 amide bonds. The lowest BCUT2D eigenvalue weighted by Gasteiger charge is -2.26. The summed E-state index contributed by atoms with van der Waals surface area (Å²) >= 11 is 0. The highest BCUT2D eigenvalue weighted by Crippen LogP contribution is 2.34. The highest BCUT2D eigenvalue weighted by Gasteiger charge is 2.59. The number of aliphatic hydroxyl groups is 1. The first-order valence-electron chi connectivity index (χ1n) is 5.99. The van der Waals surface area contributed by atoms with Crippen LogP contribution in [0.4, 0.5) is 13.2 Å². The minimum Gasteiger partial charge on any atom is -0.464 e. The lowest BCUT2D eigenvalue weighted by Crippen LogP contribution is -2.52. The molecule has 0 unspecified atom stereocenters. The monoisotopic (exact) mass is 288 g/mol. The van der Waals surface area contributed by atoms with E-state index >= 15 is 0 Å².